The molecule has 0 aromatic heterocycles. The van der Waals surface area contributed by atoms with Crippen LogP contribution in [0.4, 0.5) is 0 Å². The second-order valence-electron chi connectivity index (χ2n) is 5.56. The van der Waals surface area contributed by atoms with E-state index >= 15 is 0 Å². The summed E-state index contributed by atoms with van der Waals surface area (Å²) >= 11 is 0.332. The zero-order valence-corrected chi connectivity index (χ0v) is 14.1. The molecule has 4 rings (SSSR count). The van der Waals surface area contributed by atoms with Gasteiger partial charge in [-0.1, -0.05) is 0 Å². The first-order chi connectivity index (χ1) is 10.8. The topological polar surface area (TPSA) is 0 Å². The molecule has 0 N–H and O–H groups in total. The maximum absolute atomic E-state index is 2.39. The normalized spacial score (nSPS) is 11.1. The number of benzene rings is 4. The molecule has 4 aromatic rings. The molecule has 0 aliphatic heterocycles. The number of aryl methyl sites for hydroxylation is 1. The molecule has 0 saturated carbocycles. The van der Waals surface area contributed by atoms with E-state index in [1.165, 1.54) is 36.0 Å². The van der Waals surface area contributed by atoms with Crippen molar-refractivity contribution in [1.82, 2.24) is 0 Å². The van der Waals surface area contributed by atoms with E-state index in [1.807, 2.05) is 0 Å². The van der Waals surface area contributed by atoms with Crippen LogP contribution in [0, 0.1) is 6.92 Å². The Labute approximate surface area is 136 Å². The molecule has 4 aromatic carbocycles. The summed E-state index contributed by atoms with van der Waals surface area (Å²) in [7, 11) is 0. The molecule has 0 unspecified atom stereocenters. The molecule has 0 heterocycles. The number of hydrogen-bond acceptors (Lipinski definition) is 0. The summed E-state index contributed by atoms with van der Waals surface area (Å²) in [6.45, 7) is 2.16. The molecular formula is C21H16Se. The van der Waals surface area contributed by atoms with Crippen LogP contribution in [0.25, 0.3) is 21.5 Å². The van der Waals surface area contributed by atoms with Crippen LogP contribution in [0.5, 0.6) is 0 Å². The third kappa shape index (κ3) is 2.43. The molecule has 0 nitrogen and oxygen atoms in total. The SMILES string of the molecule is Cc1ccc2c(c1)cc([Se]c1ccccc1)c1ccccc12. The van der Waals surface area contributed by atoms with Gasteiger partial charge >= 0.3 is 137 Å². The Morgan fingerprint density at radius 1 is 0.636 bits per heavy atom. The van der Waals surface area contributed by atoms with Crippen molar-refractivity contribution in [3.05, 3.63) is 84.4 Å². The summed E-state index contributed by atoms with van der Waals surface area (Å²) in [5.41, 5.74) is 1.32. The van der Waals surface area contributed by atoms with Crippen molar-refractivity contribution < 1.29 is 0 Å². The Morgan fingerprint density at radius 2 is 1.36 bits per heavy atom. The van der Waals surface area contributed by atoms with Crippen LogP contribution in [-0.2, 0) is 0 Å². The van der Waals surface area contributed by atoms with Crippen molar-refractivity contribution >= 4 is 45.4 Å². The minimum atomic E-state index is 0.332. The Bertz CT molecular complexity index is 955. The first-order valence-corrected chi connectivity index (χ1v) is 9.17. The average molecular weight is 347 g/mol. The van der Waals surface area contributed by atoms with Crippen molar-refractivity contribution in [2.45, 2.75) is 6.92 Å². The number of fused-ring (bicyclic) bond motifs is 3. The molecule has 0 aliphatic rings. The average Bonchev–Trinajstić information content (AvgIpc) is 2.56. The quantitative estimate of drug-likeness (QED) is 0.380. The van der Waals surface area contributed by atoms with Crippen molar-refractivity contribution in [2.24, 2.45) is 0 Å². The molecule has 0 fully saturated rings. The van der Waals surface area contributed by atoms with Crippen LogP contribution < -0.4 is 8.92 Å². The predicted octanol–water partition coefficient (Wildman–Crippen LogP) is 3.96. The van der Waals surface area contributed by atoms with Gasteiger partial charge in [-0.2, -0.15) is 0 Å². The van der Waals surface area contributed by atoms with Gasteiger partial charge in [-0.3, -0.25) is 0 Å². The summed E-state index contributed by atoms with van der Waals surface area (Å²) < 4.78 is 2.89. The van der Waals surface area contributed by atoms with Gasteiger partial charge in [0.25, 0.3) is 0 Å². The van der Waals surface area contributed by atoms with Gasteiger partial charge in [0.1, 0.15) is 0 Å². The Balaban J connectivity index is 1.99. The van der Waals surface area contributed by atoms with Crippen LogP contribution in [0.1, 0.15) is 5.56 Å². The van der Waals surface area contributed by atoms with Crippen LogP contribution in [0.3, 0.4) is 0 Å². The van der Waals surface area contributed by atoms with E-state index in [2.05, 4.69) is 85.8 Å². The van der Waals surface area contributed by atoms with E-state index in [9.17, 15) is 0 Å². The van der Waals surface area contributed by atoms with Gasteiger partial charge < -0.3 is 0 Å². The summed E-state index contributed by atoms with van der Waals surface area (Å²) in [5.74, 6) is 0. The standard InChI is InChI=1S/C21H16Se/c1-15-11-12-18-16(13-15)14-21(20-10-6-5-9-19(18)20)22-17-7-3-2-4-8-17/h2-14H,1H3. The third-order valence-electron chi connectivity index (χ3n) is 3.95. The fraction of sp³-hybridized carbons (Fsp3) is 0.0476. The van der Waals surface area contributed by atoms with Crippen molar-refractivity contribution in [1.29, 1.82) is 0 Å². The Kier molecular flexibility index (Phi) is 3.46. The van der Waals surface area contributed by atoms with Crippen LogP contribution >= 0.6 is 0 Å². The first-order valence-electron chi connectivity index (χ1n) is 7.46. The minimum absolute atomic E-state index is 0.332. The Hall–Kier alpha value is -2.08. The van der Waals surface area contributed by atoms with Gasteiger partial charge in [-0.05, 0) is 0 Å². The van der Waals surface area contributed by atoms with Gasteiger partial charge in [0.15, 0.2) is 0 Å². The van der Waals surface area contributed by atoms with Gasteiger partial charge in [0.2, 0.25) is 0 Å². The molecule has 0 atom stereocenters. The molecule has 1 heteroatoms. The van der Waals surface area contributed by atoms with Gasteiger partial charge in [-0.25, -0.2) is 0 Å². The molecule has 22 heavy (non-hydrogen) atoms. The van der Waals surface area contributed by atoms with E-state index < -0.39 is 0 Å². The van der Waals surface area contributed by atoms with Gasteiger partial charge in [0.05, 0.1) is 0 Å². The zero-order valence-electron chi connectivity index (χ0n) is 12.4. The molecule has 0 aliphatic carbocycles. The summed E-state index contributed by atoms with van der Waals surface area (Å²) in [6, 6.07) is 28.7. The first kappa shape index (κ1) is 13.6. The number of hydrogen-bond donors (Lipinski definition) is 0. The van der Waals surface area contributed by atoms with E-state index in [0.717, 1.165) is 0 Å². The second-order valence-corrected chi connectivity index (χ2v) is 7.90. The maximum atomic E-state index is 2.39. The predicted molar refractivity (Wildman–Crippen MR) is 97.7 cm³/mol. The zero-order chi connectivity index (χ0) is 14.9. The number of rotatable bonds is 2. The molecule has 0 radical (unpaired) electrons. The van der Waals surface area contributed by atoms with Crippen LogP contribution in [0.2, 0.25) is 0 Å². The monoisotopic (exact) mass is 348 g/mol. The molecular weight excluding hydrogens is 331 g/mol. The van der Waals surface area contributed by atoms with Crippen LogP contribution in [-0.4, -0.2) is 15.0 Å². The Morgan fingerprint density at radius 3 is 2.18 bits per heavy atom. The molecule has 0 bridgehead atoms. The molecule has 0 saturated heterocycles. The van der Waals surface area contributed by atoms with E-state index in [0.29, 0.717) is 15.0 Å². The van der Waals surface area contributed by atoms with Crippen LogP contribution in [0.15, 0.2) is 78.9 Å². The van der Waals surface area contributed by atoms with Crippen molar-refractivity contribution in [3.63, 3.8) is 0 Å². The van der Waals surface area contributed by atoms with E-state index in [-0.39, 0.29) is 0 Å². The molecule has 106 valence electrons. The van der Waals surface area contributed by atoms with Crippen molar-refractivity contribution in [2.75, 3.05) is 0 Å². The van der Waals surface area contributed by atoms with Crippen molar-refractivity contribution in [3.8, 4) is 0 Å². The van der Waals surface area contributed by atoms with Gasteiger partial charge in [0, 0.05) is 0 Å². The van der Waals surface area contributed by atoms with E-state index in [4.69, 9.17) is 0 Å². The van der Waals surface area contributed by atoms with E-state index in [1.54, 1.807) is 0 Å². The fourth-order valence-electron chi connectivity index (χ4n) is 2.90. The summed E-state index contributed by atoms with van der Waals surface area (Å²) in [5, 5.41) is 5.47. The fourth-order valence-corrected chi connectivity index (χ4v) is 5.04. The molecule has 0 spiro atoms. The summed E-state index contributed by atoms with van der Waals surface area (Å²) in [6.07, 6.45) is 0. The third-order valence-corrected chi connectivity index (χ3v) is 6.18. The van der Waals surface area contributed by atoms with Gasteiger partial charge in [-0.15, -0.1) is 0 Å². The summed E-state index contributed by atoms with van der Waals surface area (Å²) in [4.78, 5) is 0. The second kappa shape index (κ2) is 5.61. The molecule has 0 amide bonds.